The van der Waals surface area contributed by atoms with E-state index < -0.39 is 5.41 Å². The molecule has 480 valence electrons. The van der Waals surface area contributed by atoms with E-state index in [1.165, 1.54) is 168 Å². The highest BCUT2D eigenvalue weighted by molar-refractivity contribution is 9.10. The summed E-state index contributed by atoms with van der Waals surface area (Å²) in [5, 5.41) is 3.50. The second-order valence-corrected chi connectivity index (χ2v) is 31.2. The summed E-state index contributed by atoms with van der Waals surface area (Å²) in [6, 6.07) is 117. The van der Waals surface area contributed by atoms with Gasteiger partial charge in [0.2, 0.25) is 0 Å². The molecule has 1 N–H and O–H groups in total. The number of anilines is 8. The lowest BCUT2D eigenvalue weighted by Crippen LogP contribution is -2.31. The zero-order valence-electron chi connectivity index (χ0n) is 56.7. The van der Waals surface area contributed by atoms with Gasteiger partial charge in [-0.2, -0.15) is 0 Å². The van der Waals surface area contributed by atoms with Crippen molar-refractivity contribution in [1.29, 1.82) is 0 Å². The van der Waals surface area contributed by atoms with Crippen molar-refractivity contribution in [1.82, 2.24) is 0 Å². The highest BCUT2D eigenvalue weighted by Gasteiger charge is 2.54. The summed E-state index contributed by atoms with van der Waals surface area (Å²) in [6.07, 6.45) is 0. The molecule has 14 aromatic rings. The van der Waals surface area contributed by atoms with Gasteiger partial charge >= 0.3 is 0 Å². The molecule has 0 radical (unpaired) electrons. The van der Waals surface area contributed by atoms with Crippen molar-refractivity contribution >= 4 is 77.4 Å². The molecule has 4 aliphatic carbocycles. The maximum atomic E-state index is 3.73. The first-order chi connectivity index (χ1) is 48.7. The van der Waals surface area contributed by atoms with Crippen molar-refractivity contribution < 1.29 is 0 Å². The van der Waals surface area contributed by atoms with Crippen LogP contribution in [0, 0.1) is 0 Å². The number of fused-ring (bicyclic) bond motifs is 26. The van der Waals surface area contributed by atoms with Crippen LogP contribution in [0.15, 0.2) is 324 Å². The van der Waals surface area contributed by atoms with Gasteiger partial charge in [0.15, 0.2) is 0 Å². The van der Waals surface area contributed by atoms with Crippen molar-refractivity contribution in [3.8, 4) is 44.5 Å². The predicted molar refractivity (Wildman–Crippen MR) is 423 cm³/mol. The third-order valence-corrected chi connectivity index (χ3v) is 24.3. The summed E-state index contributed by atoms with van der Waals surface area (Å²) in [4.78, 5) is 5.02. The quantitative estimate of drug-likeness (QED) is 0.186. The Morgan fingerprint density at radius 2 is 0.450 bits per heavy atom. The molecule has 0 unspecified atom stereocenters. The topological polar surface area (TPSA) is 18.5 Å². The molecule has 0 saturated carbocycles. The Bertz CT molecular complexity index is 5320. The fourth-order valence-electron chi connectivity index (χ4n) is 18.9. The lowest BCUT2D eigenvalue weighted by atomic mass is 9.70. The van der Waals surface area contributed by atoms with E-state index >= 15 is 0 Å². The number of halogens is 2. The van der Waals surface area contributed by atoms with Crippen LogP contribution in [0.5, 0.6) is 0 Å². The van der Waals surface area contributed by atoms with Gasteiger partial charge in [-0.05, 0) is 207 Å². The average molecular weight is 1410 g/mol. The summed E-state index contributed by atoms with van der Waals surface area (Å²) in [7, 11) is 0. The summed E-state index contributed by atoms with van der Waals surface area (Å²) >= 11 is 7.45. The van der Waals surface area contributed by atoms with Gasteiger partial charge in [-0.25, -0.2) is 0 Å². The number of rotatable bonds is 2. The molecule has 0 fully saturated rings. The molecule has 5 heteroatoms. The molecule has 3 heterocycles. The molecule has 3 nitrogen and oxygen atoms in total. The predicted octanol–water partition coefficient (Wildman–Crippen LogP) is 25.9. The van der Waals surface area contributed by atoms with Crippen molar-refractivity contribution in [2.24, 2.45) is 0 Å². The van der Waals surface area contributed by atoms with Gasteiger partial charge in [-0.15, -0.1) is 0 Å². The van der Waals surface area contributed by atoms with E-state index in [0.29, 0.717) is 0 Å². The Labute approximate surface area is 603 Å². The molecule has 0 amide bonds. The highest BCUT2D eigenvalue weighted by atomic mass is 79.9. The molecule has 2 spiro atoms. The Morgan fingerprint density at radius 3 is 0.770 bits per heavy atom. The maximum absolute atomic E-state index is 3.73. The maximum Gasteiger partial charge on any atom is 0.0727 e. The first kappa shape index (κ1) is 60.6. The summed E-state index contributed by atoms with van der Waals surface area (Å²) in [5.74, 6) is 0. The minimum Gasteiger partial charge on any atom is -0.355 e. The highest BCUT2D eigenvalue weighted by Crippen LogP contribution is 2.67. The molecule has 14 aromatic carbocycles. The van der Waals surface area contributed by atoms with Crippen molar-refractivity contribution in [3.05, 3.63) is 402 Å². The van der Waals surface area contributed by atoms with Gasteiger partial charge in [0.25, 0.3) is 0 Å². The van der Waals surface area contributed by atoms with Gasteiger partial charge in [-0.3, -0.25) is 0 Å². The molecule has 0 saturated heterocycles. The number of para-hydroxylation sites is 6. The number of nitrogens with one attached hydrogen (secondary N) is 1. The van der Waals surface area contributed by atoms with Gasteiger partial charge in [0.05, 0.1) is 33.6 Å². The fraction of sp³-hybridized carbons (Fsp3) is 0.116. The zero-order chi connectivity index (χ0) is 67.6. The number of hydrogen-bond acceptors (Lipinski definition) is 3. The monoisotopic (exact) mass is 1410 g/mol. The van der Waals surface area contributed by atoms with Crippen LogP contribution in [0.2, 0.25) is 0 Å². The lowest BCUT2D eigenvalue weighted by molar-refractivity contribution is 0.632. The smallest absolute Gasteiger partial charge is 0.0727 e. The lowest BCUT2D eigenvalue weighted by Gasteiger charge is -2.42. The molecular formula is C95H71Br2N3. The largest absolute Gasteiger partial charge is 0.355 e. The minimum absolute atomic E-state index is 0.0818. The Morgan fingerprint density at radius 1 is 0.220 bits per heavy atom. The van der Waals surface area contributed by atoms with E-state index in [0.717, 1.165) is 8.95 Å². The van der Waals surface area contributed by atoms with Gasteiger partial charge < -0.3 is 15.1 Å². The summed E-state index contributed by atoms with van der Waals surface area (Å²) in [6.45, 7) is 14.0. The molecule has 100 heavy (non-hydrogen) atoms. The van der Waals surface area contributed by atoms with Crippen LogP contribution in [0.25, 0.3) is 44.5 Å². The SMILES string of the molecule is Brc1ccc2c(c1)C1(c3ccccc3-c3ccccc31)c1cc(Br)ccc1-2.CC1(C)c2ccccc2N(c2ccc3c(c2)C2(c4ccccc4-c4ccccc42)c2cc(N4c5ccccc5C(C)(C)c5ccccc54)ccc2-3)c2ccccc21.CC1(C)c2ccccc2Nc2ccccc21. The number of benzene rings is 14. The van der Waals surface area contributed by atoms with Crippen molar-refractivity contribution in [3.63, 3.8) is 0 Å². The van der Waals surface area contributed by atoms with Crippen LogP contribution >= 0.6 is 31.9 Å². The van der Waals surface area contributed by atoms with Gasteiger partial charge in [-0.1, -0.05) is 304 Å². The Kier molecular flexibility index (Phi) is 13.5. The van der Waals surface area contributed by atoms with Crippen LogP contribution < -0.4 is 15.1 Å². The standard InChI is InChI=1S/C55H42N2.C25H14Br2.C15H15N/c1-53(2)43-21-9-13-25-49(43)56(50-26-14-10-22-44(50)53)35-29-31-39-40-32-30-36(57-51-27-15-11-23-45(51)54(3,4)46-24-12-16-28-52(46)57)34-48(40)55(47(39)33-35)41-19-7-5-17-37(41)38-18-6-8-20-42(38)55;26-15-9-11-19-20-12-10-16(27)14-24(20)25(23(19)13-15)21-7-3-1-5-17(21)18-6-2-4-8-22(18)25;1-15(2)11-7-3-5-9-13(11)16-14-10-6-4-8-12(14)15/h5-34H,1-4H3;1-14H;3-10,16H,1-2H3. The molecule has 0 aromatic heterocycles. The van der Waals surface area contributed by atoms with E-state index in [-0.39, 0.29) is 21.7 Å². The van der Waals surface area contributed by atoms with Gasteiger partial charge in [0.1, 0.15) is 0 Å². The molecule has 21 rings (SSSR count). The summed E-state index contributed by atoms with van der Waals surface area (Å²) in [5.41, 5.74) is 38.4. The van der Waals surface area contributed by atoms with E-state index in [4.69, 9.17) is 0 Å². The zero-order valence-corrected chi connectivity index (χ0v) is 59.8. The summed E-state index contributed by atoms with van der Waals surface area (Å²) < 4.78 is 2.24. The second-order valence-electron chi connectivity index (χ2n) is 29.4. The van der Waals surface area contributed by atoms with E-state index in [1.807, 2.05) is 0 Å². The van der Waals surface area contributed by atoms with Gasteiger partial charge in [0, 0.05) is 47.9 Å². The van der Waals surface area contributed by atoms with Crippen LogP contribution in [-0.2, 0) is 27.1 Å². The first-order valence-corrected chi connectivity index (χ1v) is 36.5. The average Bonchev–Trinajstić information content (AvgIpc) is 1.51. The van der Waals surface area contributed by atoms with Crippen molar-refractivity contribution in [2.45, 2.75) is 68.6 Å². The minimum atomic E-state index is -0.508. The third kappa shape index (κ3) is 8.37. The first-order valence-electron chi connectivity index (χ1n) is 34.9. The second kappa shape index (κ2) is 22.2. The van der Waals surface area contributed by atoms with Crippen LogP contribution in [-0.4, -0.2) is 0 Å². The Hall–Kier alpha value is -10.6. The fourth-order valence-corrected chi connectivity index (χ4v) is 19.7. The molecule has 7 aliphatic rings. The van der Waals surface area contributed by atoms with E-state index in [1.54, 1.807) is 0 Å². The van der Waals surface area contributed by atoms with Crippen LogP contribution in [0.1, 0.15) is 119 Å². The number of hydrogen-bond donors (Lipinski definition) is 1. The molecule has 0 bridgehead atoms. The van der Waals surface area contributed by atoms with E-state index in [2.05, 4.69) is 404 Å². The molecule has 3 aliphatic heterocycles. The molecular weight excluding hydrogens is 1340 g/mol. The third-order valence-electron chi connectivity index (χ3n) is 23.3. The van der Waals surface area contributed by atoms with Crippen LogP contribution in [0.4, 0.5) is 45.5 Å². The Balaban J connectivity index is 0.000000132. The molecule has 0 atom stereocenters. The normalized spacial score (nSPS) is 15.8. The van der Waals surface area contributed by atoms with Crippen molar-refractivity contribution in [2.75, 3.05) is 15.1 Å². The van der Waals surface area contributed by atoms with E-state index in [9.17, 15) is 0 Å². The van der Waals surface area contributed by atoms with Crippen LogP contribution in [0.3, 0.4) is 0 Å². The number of nitrogens with zero attached hydrogens (tertiary/aromatic N) is 2.